The molecule has 1 N–H and O–H groups in total. The number of fused-ring (bicyclic) bond motifs is 1. The second kappa shape index (κ2) is 5.26. The summed E-state index contributed by atoms with van der Waals surface area (Å²) >= 11 is 5.93. The van der Waals surface area contributed by atoms with Crippen LogP contribution in [0.25, 0.3) is 0 Å². The maximum Gasteiger partial charge on any atom is 0.235 e. The van der Waals surface area contributed by atoms with Crippen LogP contribution in [0, 0.1) is 0 Å². The van der Waals surface area contributed by atoms with Crippen LogP contribution in [0.4, 0.5) is 0 Å². The number of sulfone groups is 1. The van der Waals surface area contributed by atoms with Gasteiger partial charge in [0.1, 0.15) is 19.0 Å². The first-order chi connectivity index (χ1) is 8.94. The maximum atomic E-state index is 12.1. The summed E-state index contributed by atoms with van der Waals surface area (Å²) in [7, 11) is -2.45. The number of ether oxygens (including phenoxy) is 2. The van der Waals surface area contributed by atoms with Crippen molar-refractivity contribution >= 4 is 27.3 Å². The van der Waals surface area contributed by atoms with Crippen molar-refractivity contribution in [3.63, 3.8) is 0 Å². The number of benzene rings is 1. The summed E-state index contributed by atoms with van der Waals surface area (Å²) in [5, 5.41) is 2.26. The van der Waals surface area contributed by atoms with Crippen molar-refractivity contribution in [2.24, 2.45) is 0 Å². The van der Waals surface area contributed by atoms with Gasteiger partial charge in [-0.25, -0.2) is 8.42 Å². The molecular formula is C11H12ClNO5S. The summed E-state index contributed by atoms with van der Waals surface area (Å²) < 4.78 is 34.7. The average molecular weight is 306 g/mol. The van der Waals surface area contributed by atoms with Gasteiger partial charge in [0.25, 0.3) is 0 Å². The molecule has 1 aliphatic heterocycles. The highest BCUT2D eigenvalue weighted by atomic mass is 35.5. The summed E-state index contributed by atoms with van der Waals surface area (Å²) in [5.74, 6) is -0.560. The molecule has 0 unspecified atom stereocenters. The van der Waals surface area contributed by atoms with Gasteiger partial charge in [-0.3, -0.25) is 4.79 Å². The highest BCUT2D eigenvalue weighted by Gasteiger charge is 2.25. The first-order valence-corrected chi connectivity index (χ1v) is 7.49. The Morgan fingerprint density at radius 2 is 1.89 bits per heavy atom. The van der Waals surface area contributed by atoms with E-state index in [-0.39, 0.29) is 9.92 Å². The van der Waals surface area contributed by atoms with Crippen molar-refractivity contribution in [2.75, 3.05) is 26.0 Å². The molecule has 104 valence electrons. The van der Waals surface area contributed by atoms with Crippen LogP contribution in [-0.4, -0.2) is 40.3 Å². The minimum atomic E-state index is -3.82. The molecule has 1 aromatic carbocycles. The third-order valence-electron chi connectivity index (χ3n) is 2.53. The number of halogens is 1. The highest BCUT2D eigenvalue weighted by Crippen LogP contribution is 2.37. The molecule has 0 fully saturated rings. The van der Waals surface area contributed by atoms with E-state index in [4.69, 9.17) is 21.1 Å². The van der Waals surface area contributed by atoms with Gasteiger partial charge >= 0.3 is 0 Å². The maximum absolute atomic E-state index is 12.1. The number of hydrogen-bond acceptors (Lipinski definition) is 5. The molecule has 19 heavy (non-hydrogen) atoms. The zero-order valence-electron chi connectivity index (χ0n) is 10.1. The Labute approximate surface area is 115 Å². The summed E-state index contributed by atoms with van der Waals surface area (Å²) in [4.78, 5) is 11.1. The molecule has 1 amide bonds. The minimum Gasteiger partial charge on any atom is -0.486 e. The lowest BCUT2D eigenvalue weighted by molar-refractivity contribution is -0.118. The molecule has 1 aromatic rings. The van der Waals surface area contributed by atoms with Crippen LogP contribution in [0.3, 0.4) is 0 Å². The second-order valence-corrected chi connectivity index (χ2v) is 6.22. The summed E-state index contributed by atoms with van der Waals surface area (Å²) in [6, 6.07) is 2.67. The van der Waals surface area contributed by atoms with Gasteiger partial charge < -0.3 is 14.8 Å². The van der Waals surface area contributed by atoms with E-state index in [2.05, 4.69) is 5.32 Å². The Bertz CT molecular complexity index is 614. The smallest absolute Gasteiger partial charge is 0.235 e. The van der Waals surface area contributed by atoms with Gasteiger partial charge in [0.2, 0.25) is 5.91 Å². The fourth-order valence-corrected chi connectivity index (χ4v) is 3.40. The topological polar surface area (TPSA) is 81.7 Å². The highest BCUT2D eigenvalue weighted by molar-refractivity contribution is 7.92. The van der Waals surface area contributed by atoms with Crippen molar-refractivity contribution in [3.8, 4) is 11.5 Å². The van der Waals surface area contributed by atoms with Gasteiger partial charge in [-0.05, 0) is 0 Å². The molecule has 0 atom stereocenters. The minimum absolute atomic E-state index is 0.00755. The normalized spacial score (nSPS) is 14.0. The van der Waals surface area contributed by atoms with E-state index in [1.807, 2.05) is 0 Å². The van der Waals surface area contributed by atoms with Crippen LogP contribution in [0.1, 0.15) is 0 Å². The zero-order chi connectivity index (χ0) is 14.0. The van der Waals surface area contributed by atoms with E-state index >= 15 is 0 Å². The zero-order valence-corrected chi connectivity index (χ0v) is 11.7. The van der Waals surface area contributed by atoms with Gasteiger partial charge in [-0.15, -0.1) is 0 Å². The molecule has 6 nitrogen and oxygen atoms in total. The number of rotatable bonds is 3. The SMILES string of the molecule is CNC(=O)CS(=O)(=O)c1cc2c(cc1Cl)OCCO2. The number of nitrogens with one attached hydrogen (secondary N) is 1. The Hall–Kier alpha value is -1.47. The molecule has 1 heterocycles. The lowest BCUT2D eigenvalue weighted by Crippen LogP contribution is -2.27. The first kappa shape index (κ1) is 14.0. The molecule has 8 heteroatoms. The third kappa shape index (κ3) is 2.93. The lowest BCUT2D eigenvalue weighted by Gasteiger charge is -2.19. The monoisotopic (exact) mass is 305 g/mol. The van der Waals surface area contributed by atoms with Crippen LogP contribution >= 0.6 is 11.6 Å². The summed E-state index contributed by atoms with van der Waals surface area (Å²) in [6.45, 7) is 0.719. The fraction of sp³-hybridized carbons (Fsp3) is 0.364. The van der Waals surface area contributed by atoms with E-state index in [0.29, 0.717) is 24.7 Å². The van der Waals surface area contributed by atoms with E-state index in [1.165, 1.54) is 19.2 Å². The van der Waals surface area contributed by atoms with Gasteiger partial charge in [0.15, 0.2) is 21.3 Å². The molecule has 2 rings (SSSR count). The number of carbonyl (C=O) groups is 1. The van der Waals surface area contributed by atoms with Crippen molar-refractivity contribution in [2.45, 2.75) is 4.90 Å². The number of carbonyl (C=O) groups excluding carboxylic acids is 1. The predicted octanol–water partition coefficient (Wildman–Crippen LogP) is 0.631. The molecule has 1 aliphatic rings. The summed E-state index contributed by atoms with van der Waals surface area (Å²) in [6.07, 6.45) is 0. The molecule has 0 spiro atoms. The third-order valence-corrected chi connectivity index (χ3v) is 4.61. The van der Waals surface area contributed by atoms with Crippen LogP contribution in [-0.2, 0) is 14.6 Å². The standard InChI is InChI=1S/C11H12ClNO5S/c1-13-11(14)6-19(15,16)10-5-9-8(4-7(10)12)17-2-3-18-9/h4-5H,2-3,6H2,1H3,(H,13,14). The van der Waals surface area contributed by atoms with Gasteiger partial charge in [0, 0.05) is 19.2 Å². The molecule has 0 saturated carbocycles. The van der Waals surface area contributed by atoms with E-state index in [0.717, 1.165) is 0 Å². The first-order valence-electron chi connectivity index (χ1n) is 5.46. The Morgan fingerprint density at radius 1 is 1.32 bits per heavy atom. The quantitative estimate of drug-likeness (QED) is 0.886. The Morgan fingerprint density at radius 3 is 2.47 bits per heavy atom. The number of hydrogen-bond donors (Lipinski definition) is 1. The molecule has 0 saturated heterocycles. The van der Waals surface area contributed by atoms with Gasteiger partial charge in [0.05, 0.1) is 9.92 Å². The van der Waals surface area contributed by atoms with Crippen LogP contribution in [0.5, 0.6) is 11.5 Å². The molecule has 0 bridgehead atoms. The largest absolute Gasteiger partial charge is 0.486 e. The van der Waals surface area contributed by atoms with Crippen LogP contribution < -0.4 is 14.8 Å². The Kier molecular flexibility index (Phi) is 3.86. The Balaban J connectivity index is 2.42. The average Bonchev–Trinajstić information content (AvgIpc) is 2.37. The fourth-order valence-electron chi connectivity index (χ4n) is 1.61. The van der Waals surface area contributed by atoms with E-state index in [1.54, 1.807) is 0 Å². The van der Waals surface area contributed by atoms with Crippen molar-refractivity contribution in [1.82, 2.24) is 5.32 Å². The van der Waals surface area contributed by atoms with Crippen molar-refractivity contribution < 1.29 is 22.7 Å². The van der Waals surface area contributed by atoms with Gasteiger partial charge in [-0.1, -0.05) is 11.6 Å². The van der Waals surface area contributed by atoms with E-state index in [9.17, 15) is 13.2 Å². The van der Waals surface area contributed by atoms with E-state index < -0.39 is 21.5 Å². The van der Waals surface area contributed by atoms with Crippen molar-refractivity contribution in [1.29, 1.82) is 0 Å². The lowest BCUT2D eigenvalue weighted by atomic mass is 10.3. The summed E-state index contributed by atoms with van der Waals surface area (Å²) in [5.41, 5.74) is 0. The van der Waals surface area contributed by atoms with Crippen LogP contribution in [0.2, 0.25) is 5.02 Å². The van der Waals surface area contributed by atoms with Crippen LogP contribution in [0.15, 0.2) is 17.0 Å². The molecular weight excluding hydrogens is 294 g/mol. The molecule has 0 aromatic heterocycles. The predicted molar refractivity (Wildman–Crippen MR) is 68.6 cm³/mol. The second-order valence-electron chi connectivity index (χ2n) is 3.86. The van der Waals surface area contributed by atoms with Gasteiger partial charge in [-0.2, -0.15) is 0 Å². The molecule has 0 radical (unpaired) electrons. The molecule has 0 aliphatic carbocycles. The number of amides is 1. The van der Waals surface area contributed by atoms with Crippen molar-refractivity contribution in [3.05, 3.63) is 17.2 Å².